The van der Waals surface area contributed by atoms with Gasteiger partial charge in [0.25, 0.3) is 0 Å². The van der Waals surface area contributed by atoms with Gasteiger partial charge in [-0.2, -0.15) is 0 Å². The molecule has 0 saturated carbocycles. The topological polar surface area (TPSA) is 17.3 Å². The predicted octanol–water partition coefficient (Wildman–Crippen LogP) is 4.34. The molecule has 0 aliphatic rings. The molecule has 18 heavy (non-hydrogen) atoms. The molecule has 0 unspecified atom stereocenters. The van der Waals surface area contributed by atoms with Gasteiger partial charge in [0, 0.05) is 17.5 Å². The summed E-state index contributed by atoms with van der Waals surface area (Å²) in [6.45, 7) is 6.10. The van der Waals surface area contributed by atoms with Crippen molar-refractivity contribution < 1.29 is 0 Å². The van der Waals surface area contributed by atoms with Gasteiger partial charge in [0.05, 0.1) is 5.69 Å². The Hall–Kier alpha value is -2.09. The van der Waals surface area contributed by atoms with E-state index in [-0.39, 0.29) is 0 Å². The lowest BCUT2D eigenvalue weighted by molar-refractivity contribution is 1.11. The number of fused-ring (bicyclic) bond motifs is 1. The molecule has 2 heterocycles. The summed E-state index contributed by atoms with van der Waals surface area (Å²) >= 11 is 0. The number of benzene rings is 1. The van der Waals surface area contributed by atoms with Gasteiger partial charge in [0.15, 0.2) is 0 Å². The predicted molar refractivity (Wildman–Crippen MR) is 76.7 cm³/mol. The van der Waals surface area contributed by atoms with Crippen LogP contribution in [0.5, 0.6) is 0 Å². The number of aromatic nitrogens is 2. The third kappa shape index (κ3) is 2.14. The fourth-order valence-electron chi connectivity index (χ4n) is 1.99. The maximum atomic E-state index is 4.65. The second-order valence-corrected chi connectivity index (χ2v) is 3.84. The number of rotatable bonds is 1. The van der Waals surface area contributed by atoms with Gasteiger partial charge in [0.1, 0.15) is 5.65 Å². The van der Waals surface area contributed by atoms with Gasteiger partial charge < -0.3 is 4.40 Å². The van der Waals surface area contributed by atoms with E-state index in [2.05, 4.69) is 28.4 Å². The Kier molecular flexibility index (Phi) is 3.78. The van der Waals surface area contributed by atoms with Crippen LogP contribution in [0, 0.1) is 6.92 Å². The minimum atomic E-state index is 0.999. The van der Waals surface area contributed by atoms with E-state index < -0.39 is 0 Å². The lowest BCUT2D eigenvalue weighted by Gasteiger charge is -1.98. The van der Waals surface area contributed by atoms with E-state index in [1.54, 1.807) is 0 Å². The van der Waals surface area contributed by atoms with Crippen molar-refractivity contribution in [1.29, 1.82) is 0 Å². The third-order valence-electron chi connectivity index (χ3n) is 2.82. The molecule has 3 rings (SSSR count). The van der Waals surface area contributed by atoms with E-state index in [0.29, 0.717) is 0 Å². The zero-order valence-electron chi connectivity index (χ0n) is 11.1. The highest BCUT2D eigenvalue weighted by atomic mass is 15.0. The monoisotopic (exact) mass is 238 g/mol. The highest BCUT2D eigenvalue weighted by molar-refractivity contribution is 5.66. The van der Waals surface area contributed by atoms with Crippen molar-refractivity contribution in [2.75, 3.05) is 0 Å². The summed E-state index contributed by atoms with van der Waals surface area (Å²) in [4.78, 5) is 4.65. The van der Waals surface area contributed by atoms with Crippen LogP contribution in [0.1, 0.15) is 19.5 Å². The molecule has 0 fully saturated rings. The van der Waals surface area contributed by atoms with Crippen molar-refractivity contribution in [3.8, 4) is 11.3 Å². The fourth-order valence-corrected chi connectivity index (χ4v) is 1.99. The van der Waals surface area contributed by atoms with E-state index in [4.69, 9.17) is 0 Å². The van der Waals surface area contributed by atoms with E-state index in [1.807, 2.05) is 56.4 Å². The Morgan fingerprint density at radius 3 is 2.22 bits per heavy atom. The average molecular weight is 238 g/mol. The van der Waals surface area contributed by atoms with Crippen LogP contribution in [0.3, 0.4) is 0 Å². The molecule has 1 aromatic carbocycles. The minimum absolute atomic E-state index is 0.999. The summed E-state index contributed by atoms with van der Waals surface area (Å²) in [5.74, 6) is 0. The van der Waals surface area contributed by atoms with Crippen molar-refractivity contribution in [3.63, 3.8) is 0 Å². The molecule has 0 aliphatic carbocycles. The normalized spacial score (nSPS) is 9.94. The van der Waals surface area contributed by atoms with Gasteiger partial charge in [-0.3, -0.25) is 0 Å². The minimum Gasteiger partial charge on any atom is -0.304 e. The number of hydrogen-bond donors (Lipinski definition) is 0. The maximum absolute atomic E-state index is 4.65. The molecule has 2 nitrogen and oxygen atoms in total. The summed E-state index contributed by atoms with van der Waals surface area (Å²) in [6, 6.07) is 16.3. The van der Waals surface area contributed by atoms with Crippen LogP contribution in [-0.4, -0.2) is 9.38 Å². The van der Waals surface area contributed by atoms with Crippen molar-refractivity contribution in [3.05, 3.63) is 60.4 Å². The lowest BCUT2D eigenvalue weighted by Crippen LogP contribution is -1.85. The molecule has 0 amide bonds. The van der Waals surface area contributed by atoms with Crippen LogP contribution in [-0.2, 0) is 0 Å². The highest BCUT2D eigenvalue weighted by Gasteiger charge is 2.08. The number of pyridine rings is 1. The van der Waals surface area contributed by atoms with Gasteiger partial charge >= 0.3 is 0 Å². The Morgan fingerprint density at radius 1 is 0.889 bits per heavy atom. The Morgan fingerprint density at radius 2 is 1.56 bits per heavy atom. The first-order valence-corrected chi connectivity index (χ1v) is 6.35. The standard InChI is InChI=1S/C14H12N2.C2H6/c1-11-14(12-7-3-2-4-8-12)15-13-9-5-6-10-16(11)13;1-2/h2-10H,1H3;1-2H3. The average Bonchev–Trinajstić information content (AvgIpc) is 2.80. The second-order valence-electron chi connectivity index (χ2n) is 3.84. The maximum Gasteiger partial charge on any atom is 0.137 e. The number of imidazole rings is 1. The van der Waals surface area contributed by atoms with Crippen molar-refractivity contribution in [1.82, 2.24) is 9.38 Å². The van der Waals surface area contributed by atoms with Crippen LogP contribution in [0.25, 0.3) is 16.9 Å². The van der Waals surface area contributed by atoms with Gasteiger partial charge in [-0.15, -0.1) is 0 Å². The van der Waals surface area contributed by atoms with Crippen LogP contribution in [0.4, 0.5) is 0 Å². The highest BCUT2D eigenvalue weighted by Crippen LogP contribution is 2.22. The summed E-state index contributed by atoms with van der Waals surface area (Å²) < 4.78 is 2.11. The molecule has 0 radical (unpaired) electrons. The van der Waals surface area contributed by atoms with Crippen LogP contribution < -0.4 is 0 Å². The second kappa shape index (κ2) is 5.50. The number of aryl methyl sites for hydroxylation is 1. The fraction of sp³-hybridized carbons (Fsp3) is 0.188. The third-order valence-corrected chi connectivity index (χ3v) is 2.82. The van der Waals surface area contributed by atoms with Crippen LogP contribution in [0.2, 0.25) is 0 Å². The summed E-state index contributed by atoms with van der Waals surface area (Å²) in [7, 11) is 0. The summed E-state index contributed by atoms with van der Waals surface area (Å²) in [5, 5.41) is 0. The molecule has 2 heteroatoms. The van der Waals surface area contributed by atoms with Crippen LogP contribution in [0.15, 0.2) is 54.7 Å². The van der Waals surface area contributed by atoms with E-state index >= 15 is 0 Å². The van der Waals surface area contributed by atoms with Crippen molar-refractivity contribution in [2.45, 2.75) is 20.8 Å². The van der Waals surface area contributed by atoms with Gasteiger partial charge in [-0.05, 0) is 19.1 Å². The van der Waals surface area contributed by atoms with Crippen molar-refractivity contribution in [2.24, 2.45) is 0 Å². The van der Waals surface area contributed by atoms with E-state index in [0.717, 1.165) is 11.3 Å². The molecule has 3 aromatic rings. The molecule has 2 aromatic heterocycles. The quantitative estimate of drug-likeness (QED) is 0.616. The van der Waals surface area contributed by atoms with Gasteiger partial charge in [0.2, 0.25) is 0 Å². The van der Waals surface area contributed by atoms with Gasteiger partial charge in [-0.1, -0.05) is 50.2 Å². The van der Waals surface area contributed by atoms with Crippen molar-refractivity contribution >= 4 is 5.65 Å². The summed E-state index contributed by atoms with van der Waals surface area (Å²) in [5.41, 5.74) is 4.41. The molecular weight excluding hydrogens is 220 g/mol. The zero-order valence-corrected chi connectivity index (χ0v) is 11.1. The van der Waals surface area contributed by atoms with Gasteiger partial charge in [-0.25, -0.2) is 4.98 Å². The first-order chi connectivity index (χ1) is 8.86. The first kappa shape index (κ1) is 12.4. The van der Waals surface area contributed by atoms with E-state index in [9.17, 15) is 0 Å². The Bertz CT molecular complexity index is 624. The molecule has 0 bridgehead atoms. The smallest absolute Gasteiger partial charge is 0.137 e. The molecule has 0 N–H and O–H groups in total. The lowest BCUT2D eigenvalue weighted by atomic mass is 10.1. The Labute approximate surface area is 108 Å². The van der Waals surface area contributed by atoms with E-state index in [1.165, 1.54) is 11.3 Å². The van der Waals surface area contributed by atoms with Crippen LogP contribution >= 0.6 is 0 Å². The largest absolute Gasteiger partial charge is 0.304 e. The molecular formula is C16H18N2. The molecule has 0 aliphatic heterocycles. The summed E-state index contributed by atoms with van der Waals surface area (Å²) in [6.07, 6.45) is 2.05. The number of hydrogen-bond acceptors (Lipinski definition) is 1. The first-order valence-electron chi connectivity index (χ1n) is 6.35. The zero-order chi connectivity index (χ0) is 13.0. The SMILES string of the molecule is CC.Cc1c(-c2ccccc2)nc2ccccn12. The number of nitrogens with zero attached hydrogens (tertiary/aromatic N) is 2. The molecule has 0 spiro atoms. The molecule has 92 valence electrons. The molecule has 0 atom stereocenters. The Balaban J connectivity index is 0.000000574. The molecule has 0 saturated heterocycles.